The maximum atomic E-state index is 12.5. The van der Waals surface area contributed by atoms with Crippen LogP contribution in [-0.4, -0.2) is 23.7 Å². The second-order valence-electron chi connectivity index (χ2n) is 6.61. The largest absolute Gasteiger partial charge is 0.444 e. The van der Waals surface area contributed by atoms with Crippen molar-refractivity contribution in [2.75, 3.05) is 11.6 Å². The normalized spacial score (nSPS) is 11.4. The Morgan fingerprint density at radius 3 is 2.38 bits per heavy atom. The zero-order valence-electron chi connectivity index (χ0n) is 15.4. The SMILES string of the molecule is CSc1ccccc1C(=O)/C=C/c1ccccc1NC(=O)OC(C)(C)C. The molecular formula is C21H23NO3S. The highest BCUT2D eigenvalue weighted by Gasteiger charge is 2.16. The highest BCUT2D eigenvalue weighted by atomic mass is 32.2. The van der Waals surface area contributed by atoms with Crippen LogP contribution in [0.2, 0.25) is 0 Å². The number of thioether (sulfide) groups is 1. The van der Waals surface area contributed by atoms with Crippen molar-refractivity contribution in [3.05, 3.63) is 65.7 Å². The molecule has 5 heteroatoms. The van der Waals surface area contributed by atoms with Crippen LogP contribution in [0.25, 0.3) is 6.08 Å². The van der Waals surface area contributed by atoms with Gasteiger partial charge >= 0.3 is 6.09 Å². The van der Waals surface area contributed by atoms with E-state index < -0.39 is 11.7 Å². The summed E-state index contributed by atoms with van der Waals surface area (Å²) in [6, 6.07) is 14.7. The van der Waals surface area contributed by atoms with E-state index >= 15 is 0 Å². The lowest BCUT2D eigenvalue weighted by Gasteiger charge is -2.20. The molecule has 26 heavy (non-hydrogen) atoms. The van der Waals surface area contributed by atoms with Gasteiger partial charge in [-0.25, -0.2) is 4.79 Å². The first-order chi connectivity index (χ1) is 12.3. The van der Waals surface area contributed by atoms with Crippen molar-refractivity contribution >= 4 is 35.4 Å². The Morgan fingerprint density at radius 2 is 1.69 bits per heavy atom. The lowest BCUT2D eigenvalue weighted by molar-refractivity contribution is 0.0635. The molecule has 0 radical (unpaired) electrons. The Bertz CT molecular complexity index is 822. The summed E-state index contributed by atoms with van der Waals surface area (Å²) in [5.74, 6) is -0.0815. The summed E-state index contributed by atoms with van der Waals surface area (Å²) < 4.78 is 5.28. The third-order valence-corrected chi connectivity index (χ3v) is 4.18. The lowest BCUT2D eigenvalue weighted by Crippen LogP contribution is -2.27. The Kier molecular flexibility index (Phi) is 6.64. The van der Waals surface area contributed by atoms with E-state index in [1.807, 2.05) is 48.7 Å². The van der Waals surface area contributed by atoms with Gasteiger partial charge in [0.2, 0.25) is 0 Å². The number of carbonyl (C=O) groups is 2. The molecule has 1 N–H and O–H groups in total. The fourth-order valence-corrected chi connectivity index (χ4v) is 2.88. The standard InChI is InChI=1S/C21H23NO3S/c1-21(2,3)25-20(24)22-17-11-7-5-9-15(17)13-14-18(23)16-10-6-8-12-19(16)26-4/h5-14H,1-4H3,(H,22,24)/b14-13+. The molecule has 0 spiro atoms. The fourth-order valence-electron chi connectivity index (χ4n) is 2.27. The molecule has 0 bridgehead atoms. The zero-order valence-corrected chi connectivity index (χ0v) is 16.2. The molecule has 0 aliphatic carbocycles. The van der Waals surface area contributed by atoms with Crippen molar-refractivity contribution in [2.45, 2.75) is 31.3 Å². The van der Waals surface area contributed by atoms with E-state index in [4.69, 9.17) is 4.74 Å². The smallest absolute Gasteiger partial charge is 0.412 e. The summed E-state index contributed by atoms with van der Waals surface area (Å²) in [5.41, 5.74) is 1.40. The number of para-hydroxylation sites is 1. The Hall–Kier alpha value is -2.53. The van der Waals surface area contributed by atoms with E-state index in [9.17, 15) is 9.59 Å². The number of hydrogen-bond acceptors (Lipinski definition) is 4. The van der Waals surface area contributed by atoms with Crippen molar-refractivity contribution in [3.8, 4) is 0 Å². The number of anilines is 1. The predicted molar refractivity (Wildman–Crippen MR) is 108 cm³/mol. The van der Waals surface area contributed by atoms with Gasteiger partial charge in [0.1, 0.15) is 5.60 Å². The maximum absolute atomic E-state index is 12.5. The van der Waals surface area contributed by atoms with Crippen LogP contribution in [0.15, 0.2) is 59.5 Å². The molecule has 2 aromatic carbocycles. The van der Waals surface area contributed by atoms with Gasteiger partial charge in [0.05, 0.1) is 5.69 Å². The molecule has 136 valence electrons. The van der Waals surface area contributed by atoms with Crippen LogP contribution in [0, 0.1) is 0 Å². The molecule has 0 saturated carbocycles. The number of allylic oxidation sites excluding steroid dienone is 1. The van der Waals surface area contributed by atoms with Crippen molar-refractivity contribution in [1.82, 2.24) is 0 Å². The maximum Gasteiger partial charge on any atom is 0.412 e. The molecule has 0 atom stereocenters. The van der Waals surface area contributed by atoms with E-state index in [2.05, 4.69) is 5.32 Å². The topological polar surface area (TPSA) is 55.4 Å². The monoisotopic (exact) mass is 369 g/mol. The fraction of sp³-hybridized carbons (Fsp3) is 0.238. The van der Waals surface area contributed by atoms with Crippen LogP contribution >= 0.6 is 11.8 Å². The summed E-state index contributed by atoms with van der Waals surface area (Å²) in [6.45, 7) is 5.42. The van der Waals surface area contributed by atoms with Crippen LogP contribution in [0.1, 0.15) is 36.7 Å². The predicted octanol–water partition coefficient (Wildman–Crippen LogP) is 5.65. The van der Waals surface area contributed by atoms with E-state index in [0.29, 0.717) is 11.3 Å². The van der Waals surface area contributed by atoms with Gasteiger partial charge in [-0.1, -0.05) is 30.3 Å². The van der Waals surface area contributed by atoms with E-state index in [-0.39, 0.29) is 5.78 Å². The molecule has 2 aromatic rings. The molecule has 0 saturated heterocycles. The number of nitrogens with one attached hydrogen (secondary N) is 1. The number of carbonyl (C=O) groups excluding carboxylic acids is 2. The molecule has 0 aliphatic heterocycles. The van der Waals surface area contributed by atoms with Crippen LogP contribution in [-0.2, 0) is 4.74 Å². The van der Waals surface area contributed by atoms with Gasteiger partial charge in [-0.05, 0) is 62.9 Å². The molecule has 0 heterocycles. The van der Waals surface area contributed by atoms with Gasteiger partial charge < -0.3 is 4.74 Å². The second kappa shape index (κ2) is 8.72. The number of ketones is 1. The molecule has 0 unspecified atom stereocenters. The molecule has 0 aliphatic rings. The summed E-state index contributed by atoms with van der Waals surface area (Å²) in [4.78, 5) is 25.4. The zero-order chi connectivity index (χ0) is 19.2. The molecule has 1 amide bonds. The van der Waals surface area contributed by atoms with Gasteiger partial charge in [-0.15, -0.1) is 11.8 Å². The van der Waals surface area contributed by atoms with Crippen LogP contribution in [0.3, 0.4) is 0 Å². The molecular weight excluding hydrogens is 346 g/mol. The minimum Gasteiger partial charge on any atom is -0.444 e. The summed E-state index contributed by atoms with van der Waals surface area (Å²) in [7, 11) is 0. The molecule has 2 rings (SSSR count). The van der Waals surface area contributed by atoms with Gasteiger partial charge in [0, 0.05) is 10.5 Å². The second-order valence-corrected chi connectivity index (χ2v) is 7.46. The minimum atomic E-state index is -0.577. The van der Waals surface area contributed by atoms with E-state index in [1.54, 1.807) is 32.9 Å². The average Bonchev–Trinajstić information content (AvgIpc) is 2.59. The third kappa shape index (κ3) is 5.77. The number of benzene rings is 2. The minimum absolute atomic E-state index is 0.0815. The van der Waals surface area contributed by atoms with Gasteiger partial charge in [-0.2, -0.15) is 0 Å². The van der Waals surface area contributed by atoms with E-state index in [1.165, 1.54) is 17.8 Å². The van der Waals surface area contributed by atoms with Crippen molar-refractivity contribution in [3.63, 3.8) is 0 Å². The summed E-state index contributed by atoms with van der Waals surface area (Å²) in [5, 5.41) is 2.73. The summed E-state index contributed by atoms with van der Waals surface area (Å²) >= 11 is 1.53. The van der Waals surface area contributed by atoms with Crippen molar-refractivity contribution < 1.29 is 14.3 Å². The quantitative estimate of drug-likeness (QED) is 0.420. The Morgan fingerprint density at radius 1 is 1.04 bits per heavy atom. The Labute approximate surface area is 158 Å². The van der Waals surface area contributed by atoms with Crippen molar-refractivity contribution in [2.24, 2.45) is 0 Å². The van der Waals surface area contributed by atoms with Crippen LogP contribution in [0.4, 0.5) is 10.5 Å². The highest BCUT2D eigenvalue weighted by molar-refractivity contribution is 7.98. The first-order valence-corrected chi connectivity index (χ1v) is 9.47. The highest BCUT2D eigenvalue weighted by Crippen LogP contribution is 2.22. The number of hydrogen-bond donors (Lipinski definition) is 1. The average molecular weight is 369 g/mol. The first kappa shape index (κ1) is 19.8. The van der Waals surface area contributed by atoms with E-state index in [0.717, 1.165) is 10.5 Å². The van der Waals surface area contributed by atoms with Gasteiger partial charge in [0.25, 0.3) is 0 Å². The third-order valence-electron chi connectivity index (χ3n) is 3.38. The molecule has 0 fully saturated rings. The Balaban J connectivity index is 2.18. The van der Waals surface area contributed by atoms with Crippen LogP contribution in [0.5, 0.6) is 0 Å². The number of rotatable bonds is 5. The first-order valence-electron chi connectivity index (χ1n) is 8.24. The van der Waals surface area contributed by atoms with Gasteiger partial charge in [-0.3, -0.25) is 10.1 Å². The lowest BCUT2D eigenvalue weighted by atomic mass is 10.1. The number of ether oxygens (including phenoxy) is 1. The molecule has 0 aromatic heterocycles. The van der Waals surface area contributed by atoms with Crippen LogP contribution < -0.4 is 5.32 Å². The number of amides is 1. The molecule has 4 nitrogen and oxygen atoms in total. The van der Waals surface area contributed by atoms with Gasteiger partial charge in [0.15, 0.2) is 5.78 Å². The van der Waals surface area contributed by atoms with Crippen molar-refractivity contribution in [1.29, 1.82) is 0 Å². The summed E-state index contributed by atoms with van der Waals surface area (Å²) in [6.07, 6.45) is 4.63.